The van der Waals surface area contributed by atoms with Crippen LogP contribution in [-0.4, -0.2) is 10.2 Å². The molecular weight excluding hydrogens is 350 g/mol. The molecule has 0 spiro atoms. The summed E-state index contributed by atoms with van der Waals surface area (Å²) in [6, 6.07) is 10.8. The van der Waals surface area contributed by atoms with Crippen LogP contribution in [0.2, 0.25) is 5.02 Å². The highest BCUT2D eigenvalue weighted by Crippen LogP contribution is 2.36. The number of furan rings is 1. The van der Waals surface area contributed by atoms with Gasteiger partial charge in [-0.2, -0.15) is 0 Å². The average Bonchev–Trinajstić information content (AvgIpc) is 3.08. The number of nitrogens with zero attached hydrogens (tertiary/aromatic N) is 1. The second-order valence-electron chi connectivity index (χ2n) is 4.90. The Morgan fingerprint density at radius 3 is 2.87 bits per heavy atom. The molecule has 2 heterocycles. The molecule has 1 aliphatic rings. The molecule has 1 aromatic heterocycles. The SMILES string of the molecule is CC(=Cc1ccco1)C=C1SC(=S)N(c2cccc(Cl)c2)C1=O. The minimum atomic E-state index is -0.144. The Kier molecular flexibility index (Phi) is 4.71. The zero-order valence-corrected chi connectivity index (χ0v) is 14.5. The molecule has 1 amide bonds. The molecule has 1 fully saturated rings. The minimum absolute atomic E-state index is 0.144. The summed E-state index contributed by atoms with van der Waals surface area (Å²) in [6.07, 6.45) is 5.29. The number of benzene rings is 1. The lowest BCUT2D eigenvalue weighted by Crippen LogP contribution is -2.27. The molecule has 0 radical (unpaired) electrons. The van der Waals surface area contributed by atoms with Gasteiger partial charge in [-0.1, -0.05) is 41.6 Å². The molecule has 0 N–H and O–H groups in total. The van der Waals surface area contributed by atoms with Crippen LogP contribution < -0.4 is 4.90 Å². The first kappa shape index (κ1) is 16.1. The van der Waals surface area contributed by atoms with E-state index in [4.69, 9.17) is 28.2 Å². The number of carbonyl (C=O) groups excluding carboxylic acids is 1. The number of thiocarbonyl (C=S) groups is 1. The molecule has 1 saturated heterocycles. The van der Waals surface area contributed by atoms with Gasteiger partial charge in [-0.15, -0.1) is 0 Å². The predicted octanol–water partition coefficient (Wildman–Crippen LogP) is 5.29. The normalized spacial score (nSPS) is 17.4. The molecule has 23 heavy (non-hydrogen) atoms. The molecule has 6 heteroatoms. The summed E-state index contributed by atoms with van der Waals surface area (Å²) in [5.41, 5.74) is 1.59. The molecule has 0 aliphatic carbocycles. The number of anilines is 1. The number of rotatable bonds is 3. The number of hydrogen-bond acceptors (Lipinski definition) is 4. The Morgan fingerprint density at radius 1 is 1.35 bits per heavy atom. The maximum atomic E-state index is 12.6. The van der Waals surface area contributed by atoms with Crippen LogP contribution >= 0.6 is 35.6 Å². The number of carbonyl (C=O) groups is 1. The Morgan fingerprint density at radius 2 is 2.17 bits per heavy atom. The number of hydrogen-bond donors (Lipinski definition) is 0. The fourth-order valence-corrected chi connectivity index (χ4v) is 3.69. The molecule has 1 aliphatic heterocycles. The van der Waals surface area contributed by atoms with Crippen molar-refractivity contribution in [3.8, 4) is 0 Å². The lowest BCUT2D eigenvalue weighted by atomic mass is 10.2. The van der Waals surface area contributed by atoms with Gasteiger partial charge >= 0.3 is 0 Å². The van der Waals surface area contributed by atoms with Crippen molar-refractivity contribution >= 4 is 57.6 Å². The van der Waals surface area contributed by atoms with E-state index in [-0.39, 0.29) is 5.91 Å². The third-order valence-electron chi connectivity index (χ3n) is 3.13. The van der Waals surface area contributed by atoms with E-state index in [1.54, 1.807) is 24.5 Å². The largest absolute Gasteiger partial charge is 0.465 e. The first-order chi connectivity index (χ1) is 11.0. The number of amides is 1. The van der Waals surface area contributed by atoms with Crippen molar-refractivity contribution in [3.63, 3.8) is 0 Å². The summed E-state index contributed by atoms with van der Waals surface area (Å²) < 4.78 is 5.77. The molecule has 0 atom stereocenters. The van der Waals surface area contributed by atoms with E-state index in [2.05, 4.69) is 0 Å². The van der Waals surface area contributed by atoms with Crippen LogP contribution in [-0.2, 0) is 4.79 Å². The maximum Gasteiger partial charge on any atom is 0.270 e. The predicted molar refractivity (Wildman–Crippen MR) is 99.6 cm³/mol. The van der Waals surface area contributed by atoms with Crippen LogP contribution in [0, 0.1) is 0 Å². The van der Waals surface area contributed by atoms with Crippen molar-refractivity contribution in [2.45, 2.75) is 6.92 Å². The number of thioether (sulfide) groups is 1. The van der Waals surface area contributed by atoms with Crippen LogP contribution in [0.3, 0.4) is 0 Å². The standard InChI is InChI=1S/C17H12ClNO2S2/c1-11(8-14-6-3-7-21-14)9-15-16(20)19(17(22)23-15)13-5-2-4-12(18)10-13/h2-10H,1H3. The fraction of sp³-hybridized carbons (Fsp3) is 0.0588. The van der Waals surface area contributed by atoms with Gasteiger partial charge in [0, 0.05) is 5.02 Å². The van der Waals surface area contributed by atoms with Crippen LogP contribution in [0.4, 0.5) is 5.69 Å². The molecule has 3 rings (SSSR count). The van der Waals surface area contributed by atoms with E-state index in [9.17, 15) is 4.79 Å². The van der Waals surface area contributed by atoms with Gasteiger partial charge in [0.2, 0.25) is 0 Å². The summed E-state index contributed by atoms with van der Waals surface area (Å²) in [5.74, 6) is 0.596. The lowest BCUT2D eigenvalue weighted by molar-refractivity contribution is -0.113. The second-order valence-corrected chi connectivity index (χ2v) is 7.01. The zero-order chi connectivity index (χ0) is 16.4. The topological polar surface area (TPSA) is 33.5 Å². The molecule has 2 aromatic rings. The molecule has 1 aromatic carbocycles. The van der Waals surface area contributed by atoms with E-state index >= 15 is 0 Å². The van der Waals surface area contributed by atoms with Crippen molar-refractivity contribution in [1.82, 2.24) is 0 Å². The van der Waals surface area contributed by atoms with E-state index in [0.717, 1.165) is 11.3 Å². The van der Waals surface area contributed by atoms with E-state index in [0.29, 0.717) is 19.9 Å². The van der Waals surface area contributed by atoms with Gasteiger partial charge in [-0.25, -0.2) is 0 Å². The summed E-state index contributed by atoms with van der Waals surface area (Å²) in [5, 5.41) is 0.564. The molecular formula is C17H12ClNO2S2. The van der Waals surface area contributed by atoms with Gasteiger partial charge in [0.25, 0.3) is 5.91 Å². The van der Waals surface area contributed by atoms with Crippen LogP contribution in [0.5, 0.6) is 0 Å². The molecule has 0 bridgehead atoms. The third-order valence-corrected chi connectivity index (χ3v) is 4.67. The van der Waals surface area contributed by atoms with E-state index in [1.807, 2.05) is 37.3 Å². The zero-order valence-electron chi connectivity index (χ0n) is 12.2. The van der Waals surface area contributed by atoms with Crippen LogP contribution in [0.15, 0.2) is 63.6 Å². The molecule has 116 valence electrons. The van der Waals surface area contributed by atoms with Crippen molar-refractivity contribution in [1.29, 1.82) is 0 Å². The van der Waals surface area contributed by atoms with Crippen LogP contribution in [0.1, 0.15) is 12.7 Å². The fourth-order valence-electron chi connectivity index (χ4n) is 2.15. The third kappa shape index (κ3) is 3.58. The highest BCUT2D eigenvalue weighted by Gasteiger charge is 2.33. The van der Waals surface area contributed by atoms with Gasteiger partial charge in [0.1, 0.15) is 5.76 Å². The highest BCUT2D eigenvalue weighted by atomic mass is 35.5. The second kappa shape index (κ2) is 6.74. The first-order valence-corrected chi connectivity index (χ1v) is 8.40. The monoisotopic (exact) mass is 361 g/mol. The molecule has 0 saturated carbocycles. The Balaban J connectivity index is 1.88. The number of halogens is 1. The minimum Gasteiger partial charge on any atom is -0.465 e. The van der Waals surface area contributed by atoms with Gasteiger partial charge in [-0.3, -0.25) is 9.69 Å². The van der Waals surface area contributed by atoms with Crippen molar-refractivity contribution in [3.05, 3.63) is 70.0 Å². The van der Waals surface area contributed by atoms with E-state index < -0.39 is 0 Å². The van der Waals surface area contributed by atoms with Crippen LogP contribution in [0.25, 0.3) is 6.08 Å². The highest BCUT2D eigenvalue weighted by molar-refractivity contribution is 8.27. The van der Waals surface area contributed by atoms with Gasteiger partial charge in [0.05, 0.1) is 16.9 Å². The summed E-state index contributed by atoms with van der Waals surface area (Å²) in [6.45, 7) is 1.91. The quantitative estimate of drug-likeness (QED) is 0.549. The molecule has 0 unspecified atom stereocenters. The van der Waals surface area contributed by atoms with Gasteiger partial charge in [0.15, 0.2) is 4.32 Å². The molecule has 3 nitrogen and oxygen atoms in total. The lowest BCUT2D eigenvalue weighted by Gasteiger charge is -2.14. The summed E-state index contributed by atoms with van der Waals surface area (Å²) in [4.78, 5) is 14.7. The Hall–Kier alpha value is -1.82. The van der Waals surface area contributed by atoms with Gasteiger partial charge < -0.3 is 4.42 Å². The maximum absolute atomic E-state index is 12.6. The average molecular weight is 362 g/mol. The van der Waals surface area contributed by atoms with Gasteiger partial charge in [-0.05, 0) is 55.0 Å². The number of allylic oxidation sites excluding steroid dienone is 2. The smallest absolute Gasteiger partial charge is 0.270 e. The Labute approximate surface area is 148 Å². The van der Waals surface area contributed by atoms with Crippen molar-refractivity contribution < 1.29 is 9.21 Å². The first-order valence-electron chi connectivity index (χ1n) is 6.80. The van der Waals surface area contributed by atoms with Crippen molar-refractivity contribution in [2.24, 2.45) is 0 Å². The summed E-state index contributed by atoms with van der Waals surface area (Å²) in [7, 11) is 0. The Bertz CT molecular complexity index is 825. The van der Waals surface area contributed by atoms with E-state index in [1.165, 1.54) is 16.7 Å². The van der Waals surface area contributed by atoms with Crippen molar-refractivity contribution in [2.75, 3.05) is 4.90 Å². The summed E-state index contributed by atoms with van der Waals surface area (Å²) >= 11 is 12.6.